The third-order valence-corrected chi connectivity index (χ3v) is 3.79. The molecule has 0 spiro atoms. The van der Waals surface area contributed by atoms with Gasteiger partial charge in [0.25, 0.3) is 0 Å². The van der Waals surface area contributed by atoms with Gasteiger partial charge in [-0.2, -0.15) is 0 Å². The average molecular weight is 292 g/mol. The molecule has 0 unspecified atom stereocenters. The van der Waals surface area contributed by atoms with Crippen LogP contribution in [0.1, 0.15) is 31.2 Å². The van der Waals surface area contributed by atoms with E-state index in [1.165, 1.54) is 12.8 Å². The van der Waals surface area contributed by atoms with Crippen LogP contribution >= 0.6 is 0 Å². The molecular formula is C16H24N2O3. The number of ether oxygens (including phenoxy) is 1. The Labute approximate surface area is 125 Å². The maximum Gasteiger partial charge on any atom is 0.237 e. The summed E-state index contributed by atoms with van der Waals surface area (Å²) < 4.78 is 5.68. The van der Waals surface area contributed by atoms with Gasteiger partial charge in [-0.3, -0.25) is 4.79 Å². The monoisotopic (exact) mass is 292 g/mol. The molecule has 116 valence electrons. The van der Waals surface area contributed by atoms with E-state index in [0.29, 0.717) is 25.7 Å². The van der Waals surface area contributed by atoms with Crippen LogP contribution in [-0.4, -0.2) is 36.3 Å². The van der Waals surface area contributed by atoms with Crippen molar-refractivity contribution in [3.63, 3.8) is 0 Å². The van der Waals surface area contributed by atoms with E-state index in [9.17, 15) is 9.90 Å². The summed E-state index contributed by atoms with van der Waals surface area (Å²) in [7, 11) is 0. The maximum atomic E-state index is 11.9. The van der Waals surface area contributed by atoms with Gasteiger partial charge in [0, 0.05) is 6.54 Å². The summed E-state index contributed by atoms with van der Waals surface area (Å²) in [5, 5.41) is 12.0. The van der Waals surface area contributed by atoms with E-state index in [2.05, 4.69) is 5.32 Å². The molecule has 2 rings (SSSR count). The van der Waals surface area contributed by atoms with Crippen molar-refractivity contribution in [2.24, 2.45) is 5.73 Å². The zero-order valence-corrected chi connectivity index (χ0v) is 12.3. The van der Waals surface area contributed by atoms with Crippen molar-refractivity contribution in [2.45, 2.75) is 44.2 Å². The first-order chi connectivity index (χ1) is 10.1. The van der Waals surface area contributed by atoms with Crippen LogP contribution in [0.4, 0.5) is 0 Å². The van der Waals surface area contributed by atoms with Crippen LogP contribution in [0.2, 0.25) is 0 Å². The minimum absolute atomic E-state index is 0.168. The zero-order chi connectivity index (χ0) is 15.1. The minimum atomic E-state index is -0.582. The summed E-state index contributed by atoms with van der Waals surface area (Å²) in [5.41, 5.74) is 6.80. The molecule has 1 aromatic carbocycles. The Morgan fingerprint density at radius 1 is 1.33 bits per heavy atom. The first-order valence-corrected chi connectivity index (χ1v) is 7.58. The average Bonchev–Trinajstić information content (AvgIpc) is 2.99. The number of phenolic OH excluding ortho intramolecular Hbond substituents is 1. The van der Waals surface area contributed by atoms with Crippen molar-refractivity contribution in [1.82, 2.24) is 5.32 Å². The summed E-state index contributed by atoms with van der Waals surface area (Å²) in [5.74, 6) is 0.0407. The Hall–Kier alpha value is -1.59. The predicted octanol–water partition coefficient (Wildman–Crippen LogP) is 1.34. The largest absolute Gasteiger partial charge is 0.508 e. The number of nitrogens with two attached hydrogens (primary N) is 1. The van der Waals surface area contributed by atoms with E-state index >= 15 is 0 Å². The van der Waals surface area contributed by atoms with Crippen LogP contribution in [0.3, 0.4) is 0 Å². The molecule has 0 aromatic heterocycles. The summed E-state index contributed by atoms with van der Waals surface area (Å²) in [6.45, 7) is 1.04. The van der Waals surface area contributed by atoms with Gasteiger partial charge in [-0.25, -0.2) is 0 Å². The molecule has 0 bridgehead atoms. The molecule has 4 N–H and O–H groups in total. The Kier molecular flexibility index (Phi) is 6.02. The van der Waals surface area contributed by atoms with Crippen LogP contribution in [0.15, 0.2) is 24.3 Å². The number of carbonyl (C=O) groups is 1. The highest BCUT2D eigenvalue weighted by Crippen LogP contribution is 2.20. The van der Waals surface area contributed by atoms with E-state index in [1.54, 1.807) is 24.3 Å². The lowest BCUT2D eigenvalue weighted by Crippen LogP contribution is -2.43. The lowest BCUT2D eigenvalue weighted by atomic mass is 10.1. The number of nitrogens with one attached hydrogen (secondary N) is 1. The molecule has 0 radical (unpaired) electrons. The molecular weight excluding hydrogens is 268 g/mol. The summed E-state index contributed by atoms with van der Waals surface area (Å²) in [6, 6.07) is 6.14. The fourth-order valence-electron chi connectivity index (χ4n) is 2.56. The second-order valence-electron chi connectivity index (χ2n) is 5.55. The topological polar surface area (TPSA) is 84.6 Å². The third-order valence-electron chi connectivity index (χ3n) is 3.79. The summed E-state index contributed by atoms with van der Waals surface area (Å²) >= 11 is 0. The van der Waals surface area contributed by atoms with Crippen LogP contribution < -0.4 is 11.1 Å². The molecule has 1 fully saturated rings. The molecule has 5 heteroatoms. The van der Waals surface area contributed by atoms with Gasteiger partial charge in [0.1, 0.15) is 5.75 Å². The molecule has 1 saturated carbocycles. The molecule has 5 nitrogen and oxygen atoms in total. The van der Waals surface area contributed by atoms with Gasteiger partial charge >= 0.3 is 0 Å². The number of phenols is 1. The predicted molar refractivity (Wildman–Crippen MR) is 81.0 cm³/mol. The van der Waals surface area contributed by atoms with E-state index in [0.717, 1.165) is 18.4 Å². The lowest BCUT2D eigenvalue weighted by Gasteiger charge is -2.14. The van der Waals surface area contributed by atoms with Crippen molar-refractivity contribution in [3.8, 4) is 5.75 Å². The fraction of sp³-hybridized carbons (Fsp3) is 0.562. The molecule has 1 amide bonds. The Balaban J connectivity index is 1.63. The Morgan fingerprint density at radius 2 is 2.00 bits per heavy atom. The van der Waals surface area contributed by atoms with Crippen molar-refractivity contribution in [3.05, 3.63) is 29.8 Å². The third kappa shape index (κ3) is 5.36. The van der Waals surface area contributed by atoms with E-state index in [4.69, 9.17) is 10.5 Å². The molecule has 0 saturated heterocycles. The van der Waals surface area contributed by atoms with Gasteiger partial charge in [-0.1, -0.05) is 25.0 Å². The van der Waals surface area contributed by atoms with Crippen molar-refractivity contribution in [1.29, 1.82) is 0 Å². The van der Waals surface area contributed by atoms with Gasteiger partial charge < -0.3 is 20.9 Å². The summed E-state index contributed by atoms with van der Waals surface area (Å²) in [6.07, 6.45) is 5.58. The molecule has 1 aliphatic carbocycles. The van der Waals surface area contributed by atoms with Gasteiger partial charge in [0.05, 0.1) is 18.8 Å². The highest BCUT2D eigenvalue weighted by Gasteiger charge is 2.16. The number of amides is 1. The number of benzene rings is 1. The van der Waals surface area contributed by atoms with Gasteiger partial charge in [0.15, 0.2) is 0 Å². The van der Waals surface area contributed by atoms with E-state index in [1.807, 2.05) is 0 Å². The fourth-order valence-corrected chi connectivity index (χ4v) is 2.56. The van der Waals surface area contributed by atoms with Crippen molar-refractivity contribution in [2.75, 3.05) is 13.2 Å². The van der Waals surface area contributed by atoms with Crippen molar-refractivity contribution < 1.29 is 14.6 Å². The highest BCUT2D eigenvalue weighted by molar-refractivity contribution is 5.81. The second kappa shape index (κ2) is 8.00. The van der Waals surface area contributed by atoms with Crippen LogP contribution in [0.25, 0.3) is 0 Å². The van der Waals surface area contributed by atoms with Gasteiger partial charge in [0.2, 0.25) is 5.91 Å². The molecule has 0 aliphatic heterocycles. The van der Waals surface area contributed by atoms with Crippen molar-refractivity contribution >= 4 is 5.91 Å². The Morgan fingerprint density at radius 3 is 2.67 bits per heavy atom. The minimum Gasteiger partial charge on any atom is -0.508 e. The number of hydrogen-bond donors (Lipinski definition) is 3. The van der Waals surface area contributed by atoms with Crippen LogP contribution in [0.5, 0.6) is 5.75 Å². The molecule has 1 aliphatic rings. The molecule has 1 atom stereocenters. The molecule has 0 heterocycles. The van der Waals surface area contributed by atoms with Crippen LogP contribution in [-0.2, 0) is 16.0 Å². The SMILES string of the molecule is N[C@@H](Cc1ccc(O)cc1)C(=O)NCCOC1CCCC1. The second-order valence-corrected chi connectivity index (χ2v) is 5.55. The normalized spacial score (nSPS) is 16.8. The van der Waals surface area contributed by atoms with Gasteiger partial charge in [-0.05, 0) is 37.0 Å². The number of aromatic hydroxyl groups is 1. The smallest absolute Gasteiger partial charge is 0.237 e. The van der Waals surface area contributed by atoms with E-state index < -0.39 is 6.04 Å². The van der Waals surface area contributed by atoms with Crippen LogP contribution in [0, 0.1) is 0 Å². The highest BCUT2D eigenvalue weighted by atomic mass is 16.5. The standard InChI is InChI=1S/C16H24N2O3/c17-15(11-12-5-7-13(19)8-6-12)16(20)18-9-10-21-14-3-1-2-4-14/h5-8,14-15,19H,1-4,9-11,17H2,(H,18,20)/t15-/m0/s1. The number of rotatable bonds is 7. The maximum absolute atomic E-state index is 11.9. The van der Waals surface area contributed by atoms with Gasteiger partial charge in [-0.15, -0.1) is 0 Å². The lowest BCUT2D eigenvalue weighted by molar-refractivity contribution is -0.122. The molecule has 21 heavy (non-hydrogen) atoms. The summed E-state index contributed by atoms with van der Waals surface area (Å²) in [4.78, 5) is 11.9. The molecule has 1 aromatic rings. The first-order valence-electron chi connectivity index (χ1n) is 7.58. The quantitative estimate of drug-likeness (QED) is 0.662. The number of carbonyl (C=O) groups excluding carboxylic acids is 1. The number of hydrogen-bond acceptors (Lipinski definition) is 4. The Bertz CT molecular complexity index is 441. The zero-order valence-electron chi connectivity index (χ0n) is 12.3. The first kappa shape index (κ1) is 15.8. The van der Waals surface area contributed by atoms with E-state index in [-0.39, 0.29) is 11.7 Å².